The Labute approximate surface area is 224 Å². The molecule has 2 aromatic heterocycles. The summed E-state index contributed by atoms with van der Waals surface area (Å²) < 4.78 is 7.40. The Balaban J connectivity index is 1.67. The summed E-state index contributed by atoms with van der Waals surface area (Å²) in [4.78, 5) is 30.1. The third-order valence-electron chi connectivity index (χ3n) is 6.32. The standard InChI is InChI=1S/C28H25N5O4S/c1-17(34)30-22-16-20(11-12-24(22)37-2)33-26(25(31-28(33)38)21-9-3-4-13-29-21)23-10-6-14-32(23)19-8-5-7-18(15-19)27(35)36/h3-16,25-26H,1-2H3,(H,30,34)(H,31,38)(H,35,36)/t25-,26+/m1/s1. The topological polar surface area (TPSA) is 109 Å². The Morgan fingerprint density at radius 3 is 2.61 bits per heavy atom. The molecule has 0 unspecified atom stereocenters. The van der Waals surface area contributed by atoms with E-state index in [4.69, 9.17) is 17.0 Å². The fraction of sp³-hybridized carbons (Fsp3) is 0.143. The molecule has 9 nitrogen and oxygen atoms in total. The zero-order valence-electron chi connectivity index (χ0n) is 20.7. The molecular formula is C28H25N5O4S. The summed E-state index contributed by atoms with van der Waals surface area (Å²) in [5.74, 6) is -0.702. The molecule has 1 saturated heterocycles. The molecule has 2 atom stereocenters. The molecule has 5 rings (SSSR count). The van der Waals surface area contributed by atoms with Crippen LogP contribution in [0.3, 0.4) is 0 Å². The number of thiocarbonyl (C=S) groups is 1. The van der Waals surface area contributed by atoms with Crippen molar-refractivity contribution in [3.05, 3.63) is 102 Å². The van der Waals surface area contributed by atoms with Crippen LogP contribution in [-0.4, -0.2) is 38.8 Å². The first kappa shape index (κ1) is 25.0. The van der Waals surface area contributed by atoms with Gasteiger partial charge in [-0.05, 0) is 72.9 Å². The second kappa shape index (κ2) is 10.3. The normalized spacial score (nSPS) is 16.7. The van der Waals surface area contributed by atoms with Gasteiger partial charge in [0.2, 0.25) is 5.91 Å². The van der Waals surface area contributed by atoms with Crippen molar-refractivity contribution in [1.29, 1.82) is 0 Å². The number of carboxylic acids is 1. The Hall–Kier alpha value is -4.70. The number of ether oxygens (including phenoxy) is 1. The number of anilines is 2. The monoisotopic (exact) mass is 527 g/mol. The minimum Gasteiger partial charge on any atom is -0.495 e. The summed E-state index contributed by atoms with van der Waals surface area (Å²) in [6.45, 7) is 1.44. The fourth-order valence-electron chi connectivity index (χ4n) is 4.73. The van der Waals surface area contributed by atoms with Crippen LogP contribution in [0, 0.1) is 0 Å². The summed E-state index contributed by atoms with van der Waals surface area (Å²) in [5.41, 5.74) is 3.82. The Morgan fingerprint density at radius 1 is 1.05 bits per heavy atom. The summed E-state index contributed by atoms with van der Waals surface area (Å²) in [7, 11) is 1.54. The largest absolute Gasteiger partial charge is 0.495 e. The molecule has 0 radical (unpaired) electrons. The second-order valence-electron chi connectivity index (χ2n) is 8.72. The number of methoxy groups -OCH3 is 1. The highest BCUT2D eigenvalue weighted by Crippen LogP contribution is 2.43. The van der Waals surface area contributed by atoms with Crippen molar-refractivity contribution in [2.24, 2.45) is 0 Å². The van der Waals surface area contributed by atoms with Crippen LogP contribution in [-0.2, 0) is 4.79 Å². The average Bonchev–Trinajstić information content (AvgIpc) is 3.53. The maximum atomic E-state index is 11.9. The lowest BCUT2D eigenvalue weighted by Crippen LogP contribution is -2.30. The van der Waals surface area contributed by atoms with Crippen LogP contribution in [0.4, 0.5) is 11.4 Å². The van der Waals surface area contributed by atoms with E-state index in [1.54, 1.807) is 37.6 Å². The predicted octanol–water partition coefficient (Wildman–Crippen LogP) is 4.71. The van der Waals surface area contributed by atoms with E-state index in [-0.39, 0.29) is 23.6 Å². The van der Waals surface area contributed by atoms with Crippen molar-refractivity contribution in [1.82, 2.24) is 14.9 Å². The van der Waals surface area contributed by atoms with Gasteiger partial charge in [-0.15, -0.1) is 0 Å². The first-order chi connectivity index (χ1) is 18.4. The molecule has 10 heteroatoms. The van der Waals surface area contributed by atoms with E-state index in [1.165, 1.54) is 6.92 Å². The molecule has 0 bridgehead atoms. The Morgan fingerprint density at radius 2 is 1.89 bits per heavy atom. The number of aromatic carboxylic acids is 1. The maximum Gasteiger partial charge on any atom is 0.335 e. The van der Waals surface area contributed by atoms with E-state index in [0.717, 1.165) is 17.1 Å². The van der Waals surface area contributed by atoms with Crippen LogP contribution in [0.2, 0.25) is 0 Å². The quantitative estimate of drug-likeness (QED) is 0.297. The molecular weight excluding hydrogens is 502 g/mol. The van der Waals surface area contributed by atoms with Crippen LogP contribution in [0.25, 0.3) is 5.69 Å². The number of benzene rings is 2. The zero-order valence-corrected chi connectivity index (χ0v) is 21.5. The van der Waals surface area contributed by atoms with Crippen molar-refractivity contribution in [2.75, 3.05) is 17.3 Å². The van der Waals surface area contributed by atoms with Crippen LogP contribution < -0.4 is 20.3 Å². The van der Waals surface area contributed by atoms with Gasteiger partial charge in [-0.3, -0.25) is 9.78 Å². The van der Waals surface area contributed by atoms with Crippen molar-refractivity contribution < 1.29 is 19.4 Å². The summed E-state index contributed by atoms with van der Waals surface area (Å²) in [6, 6.07) is 21.2. The van der Waals surface area contributed by atoms with Crippen LogP contribution in [0.15, 0.2) is 85.2 Å². The number of rotatable bonds is 7. The number of carbonyl (C=O) groups excluding carboxylic acids is 1. The number of amides is 1. The number of nitrogens with one attached hydrogen (secondary N) is 2. The van der Waals surface area contributed by atoms with Crippen molar-refractivity contribution in [3.8, 4) is 11.4 Å². The van der Waals surface area contributed by atoms with Gasteiger partial charge in [0.15, 0.2) is 5.11 Å². The van der Waals surface area contributed by atoms with Gasteiger partial charge in [0.25, 0.3) is 0 Å². The number of carbonyl (C=O) groups is 2. The van der Waals surface area contributed by atoms with Gasteiger partial charge in [0, 0.05) is 36.4 Å². The number of nitrogens with zero attached hydrogens (tertiary/aromatic N) is 3. The zero-order chi connectivity index (χ0) is 26.8. The van der Waals surface area contributed by atoms with Crippen LogP contribution in [0.1, 0.15) is 40.8 Å². The van der Waals surface area contributed by atoms with Gasteiger partial charge in [0.1, 0.15) is 11.8 Å². The number of hydrogen-bond acceptors (Lipinski definition) is 5. The number of hydrogen-bond donors (Lipinski definition) is 3. The average molecular weight is 528 g/mol. The van der Waals surface area contributed by atoms with Gasteiger partial charge in [-0.25, -0.2) is 4.79 Å². The lowest BCUT2D eigenvalue weighted by molar-refractivity contribution is -0.114. The second-order valence-corrected chi connectivity index (χ2v) is 9.11. The van der Waals surface area contributed by atoms with E-state index in [9.17, 15) is 14.7 Å². The molecule has 3 N–H and O–H groups in total. The molecule has 4 aromatic rings. The number of pyridine rings is 1. The minimum absolute atomic E-state index is 0.190. The molecule has 38 heavy (non-hydrogen) atoms. The molecule has 192 valence electrons. The molecule has 1 aliphatic rings. The van der Waals surface area contributed by atoms with Crippen molar-refractivity contribution in [3.63, 3.8) is 0 Å². The maximum absolute atomic E-state index is 11.9. The molecule has 1 fully saturated rings. The minimum atomic E-state index is -0.999. The first-order valence-corrected chi connectivity index (χ1v) is 12.3. The van der Waals surface area contributed by atoms with E-state index >= 15 is 0 Å². The number of aromatic nitrogens is 2. The summed E-state index contributed by atoms with van der Waals surface area (Å²) in [5, 5.41) is 16.3. The molecule has 2 aromatic carbocycles. The molecule has 0 spiro atoms. The summed E-state index contributed by atoms with van der Waals surface area (Å²) in [6.07, 6.45) is 3.62. The van der Waals surface area contributed by atoms with Gasteiger partial charge in [-0.1, -0.05) is 12.1 Å². The van der Waals surface area contributed by atoms with Gasteiger partial charge < -0.3 is 29.9 Å². The predicted molar refractivity (Wildman–Crippen MR) is 148 cm³/mol. The highest BCUT2D eigenvalue weighted by Gasteiger charge is 2.42. The molecule has 1 aliphatic heterocycles. The van der Waals surface area contributed by atoms with E-state index in [0.29, 0.717) is 22.2 Å². The smallest absolute Gasteiger partial charge is 0.335 e. The van der Waals surface area contributed by atoms with Gasteiger partial charge >= 0.3 is 5.97 Å². The van der Waals surface area contributed by atoms with Crippen molar-refractivity contribution >= 4 is 40.6 Å². The molecule has 0 aliphatic carbocycles. The molecule has 0 saturated carbocycles. The lowest BCUT2D eigenvalue weighted by Gasteiger charge is -2.29. The SMILES string of the molecule is COc1ccc(N2C(=S)N[C@H](c3ccccn3)[C@@H]2c2cccn2-c2cccc(C(=O)O)c2)cc1NC(C)=O. The van der Waals surface area contributed by atoms with Gasteiger partial charge in [-0.2, -0.15) is 0 Å². The van der Waals surface area contributed by atoms with E-state index in [2.05, 4.69) is 15.6 Å². The van der Waals surface area contributed by atoms with Crippen molar-refractivity contribution in [2.45, 2.75) is 19.0 Å². The van der Waals surface area contributed by atoms with Crippen LogP contribution >= 0.6 is 12.2 Å². The Bertz CT molecular complexity index is 1520. The third-order valence-corrected chi connectivity index (χ3v) is 6.64. The first-order valence-electron chi connectivity index (χ1n) is 11.8. The highest BCUT2D eigenvalue weighted by molar-refractivity contribution is 7.80. The highest BCUT2D eigenvalue weighted by atomic mass is 32.1. The van der Waals surface area contributed by atoms with Crippen LogP contribution in [0.5, 0.6) is 5.75 Å². The molecule has 3 heterocycles. The lowest BCUT2D eigenvalue weighted by atomic mass is 10.0. The van der Waals surface area contributed by atoms with E-state index < -0.39 is 5.97 Å². The van der Waals surface area contributed by atoms with E-state index in [1.807, 2.05) is 64.2 Å². The number of carboxylic acid groups (broad SMARTS) is 1. The third kappa shape index (κ3) is 4.69. The van der Waals surface area contributed by atoms with Gasteiger partial charge in [0.05, 0.1) is 30.1 Å². The molecule has 1 amide bonds. The Kier molecular flexibility index (Phi) is 6.80. The fourth-order valence-corrected chi connectivity index (χ4v) is 5.07. The summed E-state index contributed by atoms with van der Waals surface area (Å²) >= 11 is 5.84.